The number of methoxy groups -OCH3 is 2. The standard InChI is InChI=1S/C20H20FN3O3/c1-26-17-9-13(10-18(12-17)27-2)3-8-16-11-19(24-23-16)22-20(25)14-4-6-15(21)7-5-14/h4-7,9-12H,3,8H2,1-2H3,(H2,22,23,24,25). The van der Waals surface area contributed by atoms with E-state index in [9.17, 15) is 9.18 Å². The first-order chi connectivity index (χ1) is 13.1. The average Bonchev–Trinajstić information content (AvgIpc) is 3.13. The van der Waals surface area contributed by atoms with E-state index in [4.69, 9.17) is 9.47 Å². The molecule has 1 aromatic heterocycles. The quantitative estimate of drug-likeness (QED) is 0.667. The van der Waals surface area contributed by atoms with Crippen LogP contribution < -0.4 is 14.8 Å². The molecule has 6 nitrogen and oxygen atoms in total. The van der Waals surface area contributed by atoms with E-state index in [2.05, 4.69) is 15.5 Å². The predicted octanol–water partition coefficient (Wildman–Crippen LogP) is 3.60. The number of hydrogen-bond donors (Lipinski definition) is 2. The van der Waals surface area contributed by atoms with Crippen LogP contribution in [0.4, 0.5) is 10.2 Å². The number of carbonyl (C=O) groups excluding carboxylic acids is 1. The number of amides is 1. The van der Waals surface area contributed by atoms with E-state index in [1.165, 1.54) is 24.3 Å². The lowest BCUT2D eigenvalue weighted by Crippen LogP contribution is -2.12. The van der Waals surface area contributed by atoms with Gasteiger partial charge in [0.1, 0.15) is 23.1 Å². The molecule has 2 N–H and O–H groups in total. The van der Waals surface area contributed by atoms with Gasteiger partial charge in [-0.05, 0) is 54.8 Å². The van der Waals surface area contributed by atoms with Gasteiger partial charge in [-0.3, -0.25) is 9.89 Å². The Morgan fingerprint density at radius 1 is 1.04 bits per heavy atom. The van der Waals surface area contributed by atoms with Crippen LogP contribution in [0.15, 0.2) is 48.5 Å². The van der Waals surface area contributed by atoms with Crippen LogP contribution in [0.1, 0.15) is 21.6 Å². The SMILES string of the molecule is COc1cc(CCc2cc(NC(=O)c3ccc(F)cc3)[nH]n2)cc(OC)c1. The summed E-state index contributed by atoms with van der Waals surface area (Å²) in [4.78, 5) is 12.1. The molecule has 0 saturated carbocycles. The molecule has 0 bridgehead atoms. The molecule has 3 rings (SSSR count). The molecule has 2 aromatic carbocycles. The smallest absolute Gasteiger partial charge is 0.256 e. The van der Waals surface area contributed by atoms with E-state index in [1.807, 2.05) is 18.2 Å². The van der Waals surface area contributed by atoms with Gasteiger partial charge in [0, 0.05) is 17.7 Å². The Balaban J connectivity index is 1.61. The molecule has 0 spiro atoms. The molecule has 0 unspecified atom stereocenters. The molecule has 27 heavy (non-hydrogen) atoms. The molecule has 0 aliphatic carbocycles. The second-order valence-corrected chi connectivity index (χ2v) is 5.95. The largest absolute Gasteiger partial charge is 0.497 e. The summed E-state index contributed by atoms with van der Waals surface area (Å²) < 4.78 is 23.5. The van der Waals surface area contributed by atoms with E-state index in [0.717, 1.165) is 29.2 Å². The van der Waals surface area contributed by atoms with E-state index in [0.29, 0.717) is 17.8 Å². The molecule has 0 radical (unpaired) electrons. The molecule has 1 amide bonds. The maximum Gasteiger partial charge on any atom is 0.256 e. The molecule has 0 fully saturated rings. The van der Waals surface area contributed by atoms with E-state index >= 15 is 0 Å². The Hall–Kier alpha value is -3.35. The molecule has 140 valence electrons. The first-order valence-corrected chi connectivity index (χ1v) is 8.40. The van der Waals surface area contributed by atoms with E-state index in [-0.39, 0.29) is 11.7 Å². The molecule has 1 heterocycles. The normalized spacial score (nSPS) is 10.5. The van der Waals surface area contributed by atoms with Crippen molar-refractivity contribution in [1.82, 2.24) is 10.2 Å². The van der Waals surface area contributed by atoms with Crippen molar-refractivity contribution in [3.63, 3.8) is 0 Å². The van der Waals surface area contributed by atoms with E-state index < -0.39 is 0 Å². The van der Waals surface area contributed by atoms with Gasteiger partial charge in [-0.25, -0.2) is 4.39 Å². The van der Waals surface area contributed by atoms with Crippen molar-refractivity contribution < 1.29 is 18.7 Å². The number of nitrogens with zero attached hydrogens (tertiary/aromatic N) is 1. The fourth-order valence-electron chi connectivity index (χ4n) is 2.63. The topological polar surface area (TPSA) is 76.2 Å². The number of hydrogen-bond acceptors (Lipinski definition) is 4. The monoisotopic (exact) mass is 369 g/mol. The second kappa shape index (κ2) is 8.35. The van der Waals surface area contributed by atoms with Crippen LogP contribution in [-0.2, 0) is 12.8 Å². The van der Waals surface area contributed by atoms with Gasteiger partial charge < -0.3 is 14.8 Å². The lowest BCUT2D eigenvalue weighted by Gasteiger charge is -2.07. The molecule has 0 saturated heterocycles. The minimum atomic E-state index is -0.385. The van der Waals surface area contributed by atoms with Gasteiger partial charge in [-0.2, -0.15) is 5.10 Å². The summed E-state index contributed by atoms with van der Waals surface area (Å²) in [5.74, 6) is 1.24. The summed E-state index contributed by atoms with van der Waals surface area (Å²) >= 11 is 0. The van der Waals surface area contributed by atoms with Crippen LogP contribution in [0, 0.1) is 5.82 Å². The maximum absolute atomic E-state index is 12.9. The van der Waals surface area contributed by atoms with Gasteiger partial charge in [0.2, 0.25) is 0 Å². The summed E-state index contributed by atoms with van der Waals surface area (Å²) in [6, 6.07) is 12.8. The zero-order valence-electron chi connectivity index (χ0n) is 15.1. The van der Waals surface area contributed by atoms with Crippen LogP contribution in [0.25, 0.3) is 0 Å². The summed E-state index contributed by atoms with van der Waals surface area (Å²) in [6.07, 6.45) is 1.42. The highest BCUT2D eigenvalue weighted by Crippen LogP contribution is 2.23. The number of anilines is 1. The molecule has 0 aliphatic heterocycles. The van der Waals surface area contributed by atoms with Crippen molar-refractivity contribution in [3.05, 3.63) is 71.2 Å². The fourth-order valence-corrected chi connectivity index (χ4v) is 2.63. The van der Waals surface area contributed by atoms with Gasteiger partial charge in [0.15, 0.2) is 0 Å². The molecular formula is C20H20FN3O3. The predicted molar refractivity (Wildman–Crippen MR) is 99.9 cm³/mol. The van der Waals surface area contributed by atoms with Gasteiger partial charge in [-0.1, -0.05) is 0 Å². The Labute approximate surface area is 156 Å². The Morgan fingerprint density at radius 2 is 1.70 bits per heavy atom. The number of H-pyrrole nitrogens is 1. The average molecular weight is 369 g/mol. The van der Waals surface area contributed by atoms with Gasteiger partial charge in [0.25, 0.3) is 5.91 Å². The number of halogens is 1. The minimum Gasteiger partial charge on any atom is -0.497 e. The number of carbonyl (C=O) groups is 1. The second-order valence-electron chi connectivity index (χ2n) is 5.95. The lowest BCUT2D eigenvalue weighted by molar-refractivity contribution is 0.102. The zero-order chi connectivity index (χ0) is 19.2. The fraction of sp³-hybridized carbons (Fsp3) is 0.200. The molecule has 3 aromatic rings. The van der Waals surface area contributed by atoms with E-state index in [1.54, 1.807) is 20.3 Å². The lowest BCUT2D eigenvalue weighted by atomic mass is 10.1. The van der Waals surface area contributed by atoms with Crippen LogP contribution in [0.5, 0.6) is 11.5 Å². The summed E-state index contributed by atoms with van der Waals surface area (Å²) in [7, 11) is 3.23. The summed E-state index contributed by atoms with van der Waals surface area (Å²) in [5.41, 5.74) is 2.24. The molecule has 0 atom stereocenters. The summed E-state index contributed by atoms with van der Waals surface area (Å²) in [6.45, 7) is 0. The number of benzene rings is 2. The number of nitrogens with one attached hydrogen (secondary N) is 2. The molecule has 7 heteroatoms. The zero-order valence-corrected chi connectivity index (χ0v) is 15.1. The van der Waals surface area contributed by atoms with Crippen LogP contribution in [0.3, 0.4) is 0 Å². The van der Waals surface area contributed by atoms with Gasteiger partial charge in [-0.15, -0.1) is 0 Å². The summed E-state index contributed by atoms with van der Waals surface area (Å²) in [5, 5.41) is 9.72. The Bertz CT molecular complexity index is 900. The van der Waals surface area contributed by atoms with Crippen molar-refractivity contribution in [1.29, 1.82) is 0 Å². The number of rotatable bonds is 7. The third kappa shape index (κ3) is 4.84. The third-order valence-corrected chi connectivity index (χ3v) is 4.07. The Morgan fingerprint density at radius 3 is 2.33 bits per heavy atom. The highest BCUT2D eigenvalue weighted by atomic mass is 19.1. The van der Waals surface area contributed by atoms with Crippen molar-refractivity contribution in [2.45, 2.75) is 12.8 Å². The van der Waals surface area contributed by atoms with Gasteiger partial charge >= 0.3 is 0 Å². The van der Waals surface area contributed by atoms with Crippen molar-refractivity contribution in [2.75, 3.05) is 19.5 Å². The Kier molecular flexibility index (Phi) is 5.71. The number of ether oxygens (including phenoxy) is 2. The van der Waals surface area contributed by atoms with Crippen LogP contribution in [0.2, 0.25) is 0 Å². The number of aryl methyl sites for hydroxylation is 2. The highest BCUT2D eigenvalue weighted by Gasteiger charge is 2.09. The van der Waals surface area contributed by atoms with Crippen LogP contribution >= 0.6 is 0 Å². The first-order valence-electron chi connectivity index (χ1n) is 8.40. The molecule has 0 aliphatic rings. The van der Waals surface area contributed by atoms with Crippen LogP contribution in [-0.4, -0.2) is 30.3 Å². The van der Waals surface area contributed by atoms with Gasteiger partial charge in [0.05, 0.1) is 19.9 Å². The van der Waals surface area contributed by atoms with Crippen molar-refractivity contribution >= 4 is 11.7 Å². The highest BCUT2D eigenvalue weighted by molar-refractivity contribution is 6.03. The first kappa shape index (κ1) is 18.4. The van der Waals surface area contributed by atoms with Crippen molar-refractivity contribution in [2.24, 2.45) is 0 Å². The van der Waals surface area contributed by atoms with Crippen molar-refractivity contribution in [3.8, 4) is 11.5 Å². The number of aromatic amines is 1. The number of aromatic nitrogens is 2. The minimum absolute atomic E-state index is 0.331. The third-order valence-electron chi connectivity index (χ3n) is 4.07. The maximum atomic E-state index is 12.9. The molecular weight excluding hydrogens is 349 g/mol.